The molecule has 1 aromatic rings. The van der Waals surface area contributed by atoms with Crippen molar-refractivity contribution in [2.24, 2.45) is 0 Å². The van der Waals surface area contributed by atoms with Crippen LogP contribution in [-0.2, 0) is 9.53 Å². The average Bonchev–Trinajstić information content (AvgIpc) is 2.53. The van der Waals surface area contributed by atoms with Gasteiger partial charge in [0.15, 0.2) is 0 Å². The molecule has 3 N–H and O–H groups in total. The van der Waals surface area contributed by atoms with E-state index >= 15 is 0 Å². The monoisotopic (exact) mass is 280 g/mol. The molecule has 1 fully saturated rings. The topological polar surface area (TPSA) is 79.8 Å². The molecule has 0 aromatic heterocycles. The second kappa shape index (κ2) is 7.23. The SMILES string of the molecule is COc1cccc([C@H](O)CNC(=O)[C@@H]2COCCN2)c1. The van der Waals surface area contributed by atoms with Gasteiger partial charge < -0.3 is 25.2 Å². The number of rotatable bonds is 5. The molecule has 6 heteroatoms. The molecule has 0 spiro atoms. The molecular weight excluding hydrogens is 260 g/mol. The summed E-state index contributed by atoms with van der Waals surface area (Å²) in [7, 11) is 1.57. The van der Waals surface area contributed by atoms with Crippen LogP contribution in [0.4, 0.5) is 0 Å². The quantitative estimate of drug-likeness (QED) is 0.698. The number of aliphatic hydroxyl groups is 1. The van der Waals surface area contributed by atoms with Crippen molar-refractivity contribution in [3.8, 4) is 5.75 Å². The molecule has 2 atom stereocenters. The normalized spacial score (nSPS) is 20.2. The van der Waals surface area contributed by atoms with Crippen molar-refractivity contribution in [2.45, 2.75) is 12.1 Å². The number of methoxy groups -OCH3 is 1. The fourth-order valence-electron chi connectivity index (χ4n) is 2.02. The lowest BCUT2D eigenvalue weighted by Crippen LogP contribution is -2.51. The number of carbonyl (C=O) groups excluding carboxylic acids is 1. The predicted octanol–water partition coefficient (Wildman–Crippen LogP) is -0.167. The summed E-state index contributed by atoms with van der Waals surface area (Å²) in [5.74, 6) is 0.516. The Morgan fingerprint density at radius 3 is 3.20 bits per heavy atom. The highest BCUT2D eigenvalue weighted by atomic mass is 16.5. The van der Waals surface area contributed by atoms with Crippen LogP contribution < -0.4 is 15.4 Å². The van der Waals surface area contributed by atoms with E-state index in [2.05, 4.69) is 10.6 Å². The van der Waals surface area contributed by atoms with Gasteiger partial charge >= 0.3 is 0 Å². The second-order valence-electron chi connectivity index (χ2n) is 4.62. The number of hydrogen-bond acceptors (Lipinski definition) is 5. The molecule has 20 heavy (non-hydrogen) atoms. The van der Waals surface area contributed by atoms with E-state index in [1.165, 1.54) is 0 Å². The Morgan fingerprint density at radius 1 is 1.65 bits per heavy atom. The van der Waals surface area contributed by atoms with E-state index in [9.17, 15) is 9.90 Å². The maximum atomic E-state index is 11.9. The molecular formula is C14H20N2O4. The van der Waals surface area contributed by atoms with Crippen LogP contribution in [-0.4, -0.2) is 50.5 Å². The van der Waals surface area contributed by atoms with E-state index in [1.54, 1.807) is 31.4 Å². The lowest BCUT2D eigenvalue weighted by molar-refractivity contribution is -0.126. The van der Waals surface area contributed by atoms with E-state index in [0.717, 1.165) is 0 Å². The smallest absolute Gasteiger partial charge is 0.239 e. The molecule has 110 valence electrons. The van der Waals surface area contributed by atoms with Crippen molar-refractivity contribution < 1.29 is 19.4 Å². The second-order valence-corrected chi connectivity index (χ2v) is 4.62. The number of ether oxygens (including phenoxy) is 2. The number of benzene rings is 1. The first-order valence-corrected chi connectivity index (χ1v) is 6.61. The van der Waals surface area contributed by atoms with Crippen molar-refractivity contribution in [1.82, 2.24) is 10.6 Å². The number of aliphatic hydroxyl groups excluding tert-OH is 1. The van der Waals surface area contributed by atoms with Gasteiger partial charge in [-0.3, -0.25) is 4.79 Å². The third-order valence-corrected chi connectivity index (χ3v) is 3.19. The third kappa shape index (κ3) is 3.93. The first-order chi connectivity index (χ1) is 9.70. The van der Waals surface area contributed by atoms with Crippen LogP contribution in [0.25, 0.3) is 0 Å². The molecule has 1 amide bonds. The zero-order chi connectivity index (χ0) is 14.4. The average molecular weight is 280 g/mol. The summed E-state index contributed by atoms with van der Waals surface area (Å²) < 4.78 is 10.3. The Balaban J connectivity index is 1.84. The highest BCUT2D eigenvalue weighted by Crippen LogP contribution is 2.18. The van der Waals surface area contributed by atoms with Gasteiger partial charge in [0.05, 0.1) is 26.4 Å². The molecule has 0 radical (unpaired) electrons. The Hall–Kier alpha value is -1.63. The van der Waals surface area contributed by atoms with Crippen LogP contribution in [0.15, 0.2) is 24.3 Å². The Bertz CT molecular complexity index is 447. The molecule has 1 aliphatic heterocycles. The minimum atomic E-state index is -0.765. The van der Waals surface area contributed by atoms with Gasteiger partial charge in [-0.2, -0.15) is 0 Å². The molecule has 2 rings (SSSR count). The molecule has 6 nitrogen and oxygen atoms in total. The molecule has 1 aliphatic rings. The summed E-state index contributed by atoms with van der Waals surface area (Å²) in [6.07, 6.45) is -0.765. The summed E-state index contributed by atoms with van der Waals surface area (Å²) >= 11 is 0. The van der Waals surface area contributed by atoms with Crippen molar-refractivity contribution in [3.05, 3.63) is 29.8 Å². The lowest BCUT2D eigenvalue weighted by Gasteiger charge is -2.23. The van der Waals surface area contributed by atoms with Crippen LogP contribution >= 0.6 is 0 Å². The molecule has 0 aliphatic carbocycles. The van der Waals surface area contributed by atoms with Crippen LogP contribution in [0.1, 0.15) is 11.7 Å². The summed E-state index contributed by atoms with van der Waals surface area (Å²) in [6.45, 7) is 1.80. The minimum absolute atomic E-state index is 0.157. The van der Waals surface area contributed by atoms with Crippen LogP contribution in [0.5, 0.6) is 5.75 Å². The number of nitrogens with one attached hydrogen (secondary N) is 2. The minimum Gasteiger partial charge on any atom is -0.497 e. The van der Waals surface area contributed by atoms with Crippen molar-refractivity contribution in [1.29, 1.82) is 0 Å². The Labute approximate surface area is 118 Å². The first-order valence-electron chi connectivity index (χ1n) is 6.61. The number of carbonyl (C=O) groups is 1. The number of morpholine rings is 1. The number of hydrogen-bond donors (Lipinski definition) is 3. The first kappa shape index (κ1) is 14.8. The molecule has 1 heterocycles. The maximum absolute atomic E-state index is 11.9. The van der Waals surface area contributed by atoms with E-state index in [1.807, 2.05) is 0 Å². The molecule has 1 aromatic carbocycles. The third-order valence-electron chi connectivity index (χ3n) is 3.19. The van der Waals surface area contributed by atoms with Crippen LogP contribution in [0.2, 0.25) is 0 Å². The Kier molecular flexibility index (Phi) is 5.34. The fourth-order valence-corrected chi connectivity index (χ4v) is 2.02. The van der Waals surface area contributed by atoms with Gasteiger partial charge in [0.1, 0.15) is 11.8 Å². The highest BCUT2D eigenvalue weighted by Gasteiger charge is 2.21. The maximum Gasteiger partial charge on any atom is 0.239 e. The van der Waals surface area contributed by atoms with Gasteiger partial charge in [-0.1, -0.05) is 12.1 Å². The van der Waals surface area contributed by atoms with Crippen molar-refractivity contribution in [3.63, 3.8) is 0 Å². The Morgan fingerprint density at radius 2 is 2.50 bits per heavy atom. The molecule has 0 unspecified atom stereocenters. The van der Waals surface area contributed by atoms with E-state index in [0.29, 0.717) is 31.1 Å². The van der Waals surface area contributed by atoms with E-state index in [-0.39, 0.29) is 18.5 Å². The number of amides is 1. The van der Waals surface area contributed by atoms with Gasteiger partial charge in [-0.15, -0.1) is 0 Å². The van der Waals surface area contributed by atoms with Crippen molar-refractivity contribution >= 4 is 5.91 Å². The van der Waals surface area contributed by atoms with Gasteiger partial charge in [-0.05, 0) is 17.7 Å². The van der Waals surface area contributed by atoms with E-state index < -0.39 is 6.10 Å². The lowest BCUT2D eigenvalue weighted by atomic mass is 10.1. The van der Waals surface area contributed by atoms with Crippen LogP contribution in [0, 0.1) is 0 Å². The van der Waals surface area contributed by atoms with Crippen LogP contribution in [0.3, 0.4) is 0 Å². The summed E-state index contributed by atoms with van der Waals surface area (Å²) in [6, 6.07) is 6.80. The zero-order valence-electron chi connectivity index (χ0n) is 11.5. The highest BCUT2D eigenvalue weighted by molar-refractivity contribution is 5.82. The molecule has 0 bridgehead atoms. The van der Waals surface area contributed by atoms with Gasteiger partial charge in [0, 0.05) is 13.1 Å². The molecule has 1 saturated heterocycles. The fraction of sp³-hybridized carbons (Fsp3) is 0.500. The summed E-state index contributed by atoms with van der Waals surface area (Å²) in [5.41, 5.74) is 0.706. The largest absolute Gasteiger partial charge is 0.497 e. The van der Waals surface area contributed by atoms with Gasteiger partial charge in [0.25, 0.3) is 0 Å². The van der Waals surface area contributed by atoms with Gasteiger partial charge in [-0.25, -0.2) is 0 Å². The predicted molar refractivity (Wildman–Crippen MR) is 73.6 cm³/mol. The van der Waals surface area contributed by atoms with Gasteiger partial charge in [0.2, 0.25) is 5.91 Å². The standard InChI is InChI=1S/C14H20N2O4/c1-19-11-4-2-3-10(7-11)13(17)8-16-14(18)12-9-20-6-5-15-12/h2-4,7,12-13,15,17H,5-6,8-9H2,1H3,(H,16,18)/t12-,13+/m0/s1. The summed E-state index contributed by atoms with van der Waals surface area (Å²) in [5, 5.41) is 15.8. The van der Waals surface area contributed by atoms with Crippen molar-refractivity contribution in [2.75, 3.05) is 33.4 Å². The molecule has 0 saturated carbocycles. The van der Waals surface area contributed by atoms with E-state index in [4.69, 9.17) is 9.47 Å². The summed E-state index contributed by atoms with van der Waals surface area (Å²) in [4.78, 5) is 11.9. The zero-order valence-corrected chi connectivity index (χ0v) is 11.5.